The first kappa shape index (κ1) is 23.9. The molecule has 1 aliphatic heterocycles. The standard InChI is InChI=1S/C24H36N4O2S/c1-4-5-13-28(14-16-30-24-8-6-7-15-29-24)20(3)25-12-11-19(2)27-21-9-10-23-22(17-21)26-18-31-23/h9-12,17-18,20,24,27H,4-8,13-16H2,1-3H3/b19-11+,25-12?. The van der Waals surface area contributed by atoms with Gasteiger partial charge in [0.25, 0.3) is 0 Å². The summed E-state index contributed by atoms with van der Waals surface area (Å²) in [7, 11) is 0. The molecular formula is C24H36N4O2S. The van der Waals surface area contributed by atoms with Gasteiger partial charge in [0.1, 0.15) is 0 Å². The monoisotopic (exact) mass is 444 g/mol. The zero-order chi connectivity index (χ0) is 21.9. The molecule has 1 N–H and O–H groups in total. The first-order chi connectivity index (χ1) is 15.2. The Morgan fingerprint density at radius 1 is 1.42 bits per heavy atom. The molecule has 1 aliphatic rings. The minimum Gasteiger partial charge on any atom is -0.359 e. The smallest absolute Gasteiger partial charge is 0.157 e. The van der Waals surface area contributed by atoms with E-state index in [2.05, 4.69) is 54.2 Å². The number of thiazole rings is 1. The Morgan fingerprint density at radius 3 is 3.13 bits per heavy atom. The van der Waals surface area contributed by atoms with Crippen LogP contribution in [0, 0.1) is 0 Å². The zero-order valence-electron chi connectivity index (χ0n) is 19.0. The Kier molecular flexibility index (Phi) is 9.93. The van der Waals surface area contributed by atoms with Crippen LogP contribution in [-0.4, -0.2) is 54.9 Å². The number of anilines is 1. The summed E-state index contributed by atoms with van der Waals surface area (Å²) in [5.74, 6) is 0. The van der Waals surface area contributed by atoms with Gasteiger partial charge >= 0.3 is 0 Å². The van der Waals surface area contributed by atoms with E-state index in [1.165, 1.54) is 17.5 Å². The van der Waals surface area contributed by atoms with E-state index in [4.69, 9.17) is 14.5 Å². The minimum atomic E-state index is -0.0271. The van der Waals surface area contributed by atoms with Crippen LogP contribution in [0.1, 0.15) is 52.9 Å². The summed E-state index contributed by atoms with van der Waals surface area (Å²) in [5, 5.41) is 3.42. The van der Waals surface area contributed by atoms with Crippen LogP contribution in [0.5, 0.6) is 0 Å². The van der Waals surface area contributed by atoms with Crippen molar-refractivity contribution in [3.05, 3.63) is 35.5 Å². The van der Waals surface area contributed by atoms with Crippen LogP contribution in [0.3, 0.4) is 0 Å². The Morgan fingerprint density at radius 2 is 2.32 bits per heavy atom. The van der Waals surface area contributed by atoms with Crippen molar-refractivity contribution in [2.24, 2.45) is 4.99 Å². The van der Waals surface area contributed by atoms with Crippen LogP contribution in [0.25, 0.3) is 10.2 Å². The summed E-state index contributed by atoms with van der Waals surface area (Å²) < 4.78 is 12.8. The molecular weight excluding hydrogens is 408 g/mol. The van der Waals surface area contributed by atoms with Crippen molar-refractivity contribution >= 4 is 33.5 Å². The summed E-state index contributed by atoms with van der Waals surface area (Å²) >= 11 is 1.66. The third kappa shape index (κ3) is 8.00. The molecule has 170 valence electrons. The number of unbranched alkanes of at least 4 members (excludes halogenated alkanes) is 1. The van der Waals surface area contributed by atoms with Gasteiger partial charge in [-0.1, -0.05) is 13.3 Å². The molecule has 2 heterocycles. The number of aromatic nitrogens is 1. The van der Waals surface area contributed by atoms with Gasteiger partial charge in [0.05, 0.1) is 28.5 Å². The summed E-state index contributed by atoms with van der Waals surface area (Å²) in [5.41, 5.74) is 4.99. The average molecular weight is 445 g/mol. The summed E-state index contributed by atoms with van der Waals surface area (Å²) in [4.78, 5) is 11.5. The van der Waals surface area contributed by atoms with Crippen molar-refractivity contribution in [3.63, 3.8) is 0 Å². The van der Waals surface area contributed by atoms with Crippen LogP contribution < -0.4 is 5.32 Å². The molecule has 0 aliphatic carbocycles. The number of nitrogens with zero attached hydrogens (tertiary/aromatic N) is 3. The summed E-state index contributed by atoms with van der Waals surface area (Å²) in [6.07, 6.45) is 9.69. The third-order valence-electron chi connectivity index (χ3n) is 5.45. The van der Waals surface area contributed by atoms with E-state index in [1.54, 1.807) is 11.3 Å². The number of hydrogen-bond donors (Lipinski definition) is 1. The maximum absolute atomic E-state index is 5.94. The molecule has 7 heteroatoms. The molecule has 2 unspecified atom stereocenters. The molecule has 2 atom stereocenters. The molecule has 0 radical (unpaired) electrons. The first-order valence-corrected chi connectivity index (χ1v) is 12.3. The van der Waals surface area contributed by atoms with Crippen molar-refractivity contribution < 1.29 is 9.47 Å². The second-order valence-corrected chi connectivity index (χ2v) is 8.88. The van der Waals surface area contributed by atoms with Crippen LogP contribution >= 0.6 is 11.3 Å². The number of rotatable bonds is 12. The second kappa shape index (κ2) is 12.9. The lowest BCUT2D eigenvalue weighted by molar-refractivity contribution is -0.164. The van der Waals surface area contributed by atoms with E-state index >= 15 is 0 Å². The Bertz CT molecular complexity index is 845. The Labute approximate surface area is 190 Å². The number of hydrogen-bond acceptors (Lipinski definition) is 7. The highest BCUT2D eigenvalue weighted by Gasteiger charge is 2.16. The number of benzene rings is 1. The highest BCUT2D eigenvalue weighted by Crippen LogP contribution is 2.22. The van der Waals surface area contributed by atoms with Gasteiger partial charge in [-0.3, -0.25) is 9.89 Å². The van der Waals surface area contributed by atoms with Crippen molar-refractivity contribution in [1.82, 2.24) is 9.88 Å². The molecule has 2 aromatic rings. The third-order valence-corrected chi connectivity index (χ3v) is 6.26. The maximum atomic E-state index is 5.94. The number of allylic oxidation sites excluding steroid dienone is 2. The van der Waals surface area contributed by atoms with Gasteiger partial charge in [-0.15, -0.1) is 11.3 Å². The number of fused-ring (bicyclic) bond motifs is 1. The van der Waals surface area contributed by atoms with Gasteiger partial charge in [0.15, 0.2) is 6.29 Å². The lowest BCUT2D eigenvalue weighted by atomic mass is 10.2. The molecule has 31 heavy (non-hydrogen) atoms. The molecule has 1 aromatic heterocycles. The Balaban J connectivity index is 1.48. The fraction of sp³-hybridized carbons (Fsp3) is 0.583. The van der Waals surface area contributed by atoms with Gasteiger partial charge < -0.3 is 14.8 Å². The van der Waals surface area contributed by atoms with Crippen molar-refractivity contribution in [1.29, 1.82) is 0 Å². The SMILES string of the molecule is CCCCN(CCOC1CCCCO1)C(C)N=C/C=C(\C)Nc1ccc2scnc2c1. The first-order valence-electron chi connectivity index (χ1n) is 11.4. The second-order valence-electron chi connectivity index (χ2n) is 8.00. The lowest BCUT2D eigenvalue weighted by Gasteiger charge is -2.28. The molecule has 6 nitrogen and oxygen atoms in total. The molecule has 0 saturated carbocycles. The van der Waals surface area contributed by atoms with Gasteiger partial charge in [0.2, 0.25) is 0 Å². The predicted molar refractivity (Wildman–Crippen MR) is 131 cm³/mol. The maximum Gasteiger partial charge on any atom is 0.157 e. The number of aliphatic imine (C=N–C) groups is 1. The summed E-state index contributed by atoms with van der Waals surface area (Å²) in [6.45, 7) is 9.82. The van der Waals surface area contributed by atoms with Crippen LogP contribution in [0.15, 0.2) is 40.5 Å². The van der Waals surface area contributed by atoms with E-state index in [0.717, 1.165) is 55.9 Å². The van der Waals surface area contributed by atoms with E-state index in [-0.39, 0.29) is 12.5 Å². The number of nitrogens with one attached hydrogen (secondary N) is 1. The number of ether oxygens (including phenoxy) is 2. The van der Waals surface area contributed by atoms with Crippen molar-refractivity contribution in [2.45, 2.75) is 65.3 Å². The Hall–Kier alpha value is -1.80. The molecule has 1 aromatic carbocycles. The molecule has 0 spiro atoms. The lowest BCUT2D eigenvalue weighted by Crippen LogP contribution is -2.37. The van der Waals surface area contributed by atoms with Gasteiger partial charge in [-0.25, -0.2) is 4.98 Å². The van der Waals surface area contributed by atoms with Crippen molar-refractivity contribution in [2.75, 3.05) is 31.6 Å². The van der Waals surface area contributed by atoms with Crippen molar-refractivity contribution in [3.8, 4) is 0 Å². The van der Waals surface area contributed by atoms with Crippen LogP contribution in [0.2, 0.25) is 0 Å². The highest BCUT2D eigenvalue weighted by atomic mass is 32.1. The van der Waals surface area contributed by atoms with Gasteiger partial charge in [-0.2, -0.15) is 0 Å². The highest BCUT2D eigenvalue weighted by molar-refractivity contribution is 7.16. The predicted octanol–water partition coefficient (Wildman–Crippen LogP) is 5.67. The largest absolute Gasteiger partial charge is 0.359 e. The van der Waals surface area contributed by atoms with E-state index in [1.807, 2.05) is 17.8 Å². The minimum absolute atomic E-state index is 0.0271. The van der Waals surface area contributed by atoms with Gasteiger partial charge in [0, 0.05) is 37.3 Å². The average Bonchev–Trinajstić information content (AvgIpc) is 3.24. The fourth-order valence-corrected chi connectivity index (χ4v) is 4.23. The van der Waals surface area contributed by atoms with Crippen LogP contribution in [-0.2, 0) is 9.47 Å². The van der Waals surface area contributed by atoms with E-state index < -0.39 is 0 Å². The molecule has 0 amide bonds. The quantitative estimate of drug-likeness (QED) is 0.427. The zero-order valence-corrected chi connectivity index (χ0v) is 19.9. The van der Waals surface area contributed by atoms with Crippen LogP contribution in [0.4, 0.5) is 5.69 Å². The molecule has 1 saturated heterocycles. The summed E-state index contributed by atoms with van der Waals surface area (Å²) in [6, 6.07) is 6.26. The fourth-order valence-electron chi connectivity index (χ4n) is 3.57. The van der Waals surface area contributed by atoms with Gasteiger partial charge in [-0.05, 0) is 63.8 Å². The molecule has 3 rings (SSSR count). The van der Waals surface area contributed by atoms with E-state index in [9.17, 15) is 0 Å². The molecule has 1 fully saturated rings. The molecule has 0 bridgehead atoms. The normalized spacial score (nSPS) is 18.8. The van der Waals surface area contributed by atoms with E-state index in [0.29, 0.717) is 6.61 Å². The topological polar surface area (TPSA) is 59.0 Å².